The van der Waals surface area contributed by atoms with Crippen molar-refractivity contribution in [1.82, 2.24) is 0 Å². The monoisotopic (exact) mass is 334 g/mol. The van der Waals surface area contributed by atoms with Gasteiger partial charge in [-0.2, -0.15) is 0 Å². The van der Waals surface area contributed by atoms with Gasteiger partial charge in [-0.05, 0) is 40.1 Å². The fourth-order valence-electron chi connectivity index (χ4n) is 2.92. The maximum Gasteiger partial charge on any atom is 0.337 e. The number of aldehydes is 1. The highest BCUT2D eigenvalue weighted by Gasteiger charge is 2.12. The second-order valence-electron chi connectivity index (χ2n) is 5.71. The molecule has 4 nitrogen and oxygen atoms in total. The van der Waals surface area contributed by atoms with Crippen molar-refractivity contribution in [2.24, 2.45) is 0 Å². The van der Waals surface area contributed by atoms with Gasteiger partial charge in [0.15, 0.2) is 0 Å². The predicted octanol–water partition coefficient (Wildman–Crippen LogP) is 4.04. The Labute approximate surface area is 146 Å². The lowest BCUT2D eigenvalue weighted by Crippen LogP contribution is -2.03. The van der Waals surface area contributed by atoms with E-state index in [1.54, 1.807) is 19.2 Å². The first-order chi connectivity index (χ1) is 12.2. The quantitative estimate of drug-likeness (QED) is 0.522. The first-order valence-electron chi connectivity index (χ1n) is 7.88. The first kappa shape index (κ1) is 16.7. The first-order valence-corrected chi connectivity index (χ1v) is 7.88. The fourth-order valence-corrected chi connectivity index (χ4v) is 2.92. The standard InChI is InChI=1S/C21H18O4/c1-24-20-12-18(21(23)25-2)9-8-17(20)11-16-5-3-4-15-7-6-14(13-22)10-19(15)16/h3-10,12-13H,11H2,1-2H3. The minimum atomic E-state index is -0.398. The summed E-state index contributed by atoms with van der Waals surface area (Å²) in [6.07, 6.45) is 1.48. The van der Waals surface area contributed by atoms with E-state index in [2.05, 4.69) is 0 Å². The number of hydrogen-bond donors (Lipinski definition) is 0. The Balaban J connectivity index is 2.03. The minimum Gasteiger partial charge on any atom is -0.496 e. The molecule has 0 heterocycles. The minimum absolute atomic E-state index is 0.398. The van der Waals surface area contributed by atoms with E-state index in [0.717, 1.165) is 28.2 Å². The van der Waals surface area contributed by atoms with Gasteiger partial charge in [-0.3, -0.25) is 4.79 Å². The molecule has 0 aliphatic carbocycles. The SMILES string of the molecule is COC(=O)c1ccc(Cc2cccc3ccc(C=O)cc23)c(OC)c1. The van der Waals surface area contributed by atoms with Gasteiger partial charge < -0.3 is 9.47 Å². The highest BCUT2D eigenvalue weighted by molar-refractivity contribution is 5.92. The van der Waals surface area contributed by atoms with Crippen molar-refractivity contribution >= 4 is 23.0 Å². The number of carbonyl (C=O) groups is 2. The van der Waals surface area contributed by atoms with Crippen molar-refractivity contribution in [3.8, 4) is 5.75 Å². The third-order valence-corrected chi connectivity index (χ3v) is 4.22. The molecule has 25 heavy (non-hydrogen) atoms. The summed E-state index contributed by atoms with van der Waals surface area (Å²) >= 11 is 0. The van der Waals surface area contributed by atoms with Crippen molar-refractivity contribution in [2.45, 2.75) is 6.42 Å². The van der Waals surface area contributed by atoms with Crippen LogP contribution < -0.4 is 4.74 Å². The molecule has 0 saturated carbocycles. The molecule has 3 aromatic carbocycles. The van der Waals surface area contributed by atoms with Crippen LogP contribution in [0.15, 0.2) is 54.6 Å². The maximum absolute atomic E-state index is 11.7. The lowest BCUT2D eigenvalue weighted by molar-refractivity contribution is 0.0600. The van der Waals surface area contributed by atoms with Gasteiger partial charge in [-0.15, -0.1) is 0 Å². The molecule has 0 fully saturated rings. The molecule has 0 spiro atoms. The molecule has 0 aliphatic rings. The second kappa shape index (κ2) is 7.18. The number of rotatable bonds is 5. The molecule has 4 heteroatoms. The number of methoxy groups -OCH3 is 2. The third-order valence-electron chi connectivity index (χ3n) is 4.22. The summed E-state index contributed by atoms with van der Waals surface area (Å²) in [6, 6.07) is 17.0. The molecule has 0 bridgehead atoms. The van der Waals surface area contributed by atoms with Crippen LogP contribution in [0.25, 0.3) is 10.8 Å². The van der Waals surface area contributed by atoms with Crippen LogP contribution in [0.2, 0.25) is 0 Å². The maximum atomic E-state index is 11.7. The molecule has 0 aliphatic heterocycles. The Hall–Kier alpha value is -3.14. The molecule has 0 aromatic heterocycles. The molecular weight excluding hydrogens is 316 g/mol. The van der Waals surface area contributed by atoms with Gasteiger partial charge in [0, 0.05) is 12.0 Å². The molecular formula is C21H18O4. The number of esters is 1. The summed E-state index contributed by atoms with van der Waals surface area (Å²) in [5, 5.41) is 2.11. The highest BCUT2D eigenvalue weighted by Crippen LogP contribution is 2.27. The van der Waals surface area contributed by atoms with Gasteiger partial charge in [0.25, 0.3) is 0 Å². The summed E-state index contributed by atoms with van der Waals surface area (Å²) < 4.78 is 10.2. The van der Waals surface area contributed by atoms with E-state index >= 15 is 0 Å². The molecule has 3 rings (SSSR count). The number of fused-ring (bicyclic) bond motifs is 1. The van der Waals surface area contributed by atoms with Crippen LogP contribution in [-0.2, 0) is 11.2 Å². The predicted molar refractivity (Wildman–Crippen MR) is 96.5 cm³/mol. The zero-order valence-corrected chi connectivity index (χ0v) is 14.1. The average Bonchev–Trinajstić information content (AvgIpc) is 2.67. The van der Waals surface area contributed by atoms with Gasteiger partial charge in [0.05, 0.1) is 19.8 Å². The summed E-state index contributed by atoms with van der Waals surface area (Å²) in [5.41, 5.74) is 3.14. The summed E-state index contributed by atoms with van der Waals surface area (Å²) in [5.74, 6) is 0.233. The third kappa shape index (κ3) is 3.38. The number of hydrogen-bond acceptors (Lipinski definition) is 4. The molecule has 0 unspecified atom stereocenters. The van der Waals surface area contributed by atoms with Gasteiger partial charge in [-0.1, -0.05) is 36.4 Å². The summed E-state index contributed by atoms with van der Waals surface area (Å²) in [7, 11) is 2.93. The van der Waals surface area contributed by atoms with Crippen molar-refractivity contribution < 1.29 is 19.1 Å². The Kier molecular flexibility index (Phi) is 4.80. The molecule has 126 valence electrons. The molecule has 0 saturated heterocycles. The lowest BCUT2D eigenvalue weighted by atomic mass is 9.96. The topological polar surface area (TPSA) is 52.6 Å². The van der Waals surface area contributed by atoms with Crippen molar-refractivity contribution in [3.63, 3.8) is 0 Å². The van der Waals surface area contributed by atoms with Crippen LogP contribution in [0, 0.1) is 0 Å². The highest BCUT2D eigenvalue weighted by atomic mass is 16.5. The van der Waals surface area contributed by atoms with E-state index in [1.807, 2.05) is 42.5 Å². The molecule has 0 N–H and O–H groups in total. The molecule has 0 radical (unpaired) electrons. The van der Waals surface area contributed by atoms with Crippen LogP contribution in [0.1, 0.15) is 31.8 Å². The van der Waals surface area contributed by atoms with E-state index in [9.17, 15) is 9.59 Å². The van der Waals surface area contributed by atoms with E-state index < -0.39 is 5.97 Å². The molecule has 3 aromatic rings. The van der Waals surface area contributed by atoms with Gasteiger partial charge >= 0.3 is 5.97 Å². The zero-order chi connectivity index (χ0) is 17.8. The van der Waals surface area contributed by atoms with Crippen LogP contribution in [0.3, 0.4) is 0 Å². The van der Waals surface area contributed by atoms with Crippen LogP contribution >= 0.6 is 0 Å². The van der Waals surface area contributed by atoms with E-state index in [0.29, 0.717) is 23.3 Å². The zero-order valence-electron chi connectivity index (χ0n) is 14.1. The number of ether oxygens (including phenoxy) is 2. The Morgan fingerprint density at radius 3 is 2.56 bits per heavy atom. The van der Waals surface area contributed by atoms with Gasteiger partial charge in [0.2, 0.25) is 0 Å². The molecule has 0 atom stereocenters. The van der Waals surface area contributed by atoms with E-state index in [4.69, 9.17) is 9.47 Å². The van der Waals surface area contributed by atoms with Crippen molar-refractivity contribution in [1.29, 1.82) is 0 Å². The van der Waals surface area contributed by atoms with Gasteiger partial charge in [0.1, 0.15) is 12.0 Å². The Morgan fingerprint density at radius 2 is 1.84 bits per heavy atom. The van der Waals surface area contributed by atoms with Crippen molar-refractivity contribution in [3.05, 3.63) is 76.9 Å². The molecule has 0 amide bonds. The Morgan fingerprint density at radius 1 is 1.00 bits per heavy atom. The summed E-state index contributed by atoms with van der Waals surface area (Å²) in [6.45, 7) is 0. The number of carbonyl (C=O) groups excluding carboxylic acids is 2. The van der Waals surface area contributed by atoms with Gasteiger partial charge in [-0.25, -0.2) is 4.79 Å². The van der Waals surface area contributed by atoms with Crippen LogP contribution in [-0.4, -0.2) is 26.5 Å². The summed E-state index contributed by atoms with van der Waals surface area (Å²) in [4.78, 5) is 22.8. The van der Waals surface area contributed by atoms with E-state index in [-0.39, 0.29) is 0 Å². The largest absolute Gasteiger partial charge is 0.496 e. The second-order valence-corrected chi connectivity index (χ2v) is 5.71. The average molecular weight is 334 g/mol. The smallest absolute Gasteiger partial charge is 0.337 e. The fraction of sp³-hybridized carbons (Fsp3) is 0.143. The lowest BCUT2D eigenvalue weighted by Gasteiger charge is -2.12. The van der Waals surface area contributed by atoms with Crippen molar-refractivity contribution in [2.75, 3.05) is 14.2 Å². The van der Waals surface area contributed by atoms with Crippen LogP contribution in [0.4, 0.5) is 0 Å². The van der Waals surface area contributed by atoms with E-state index in [1.165, 1.54) is 7.11 Å². The normalized spacial score (nSPS) is 10.5. The van der Waals surface area contributed by atoms with Crippen LogP contribution in [0.5, 0.6) is 5.75 Å². The Bertz CT molecular complexity index is 944. The number of benzene rings is 3.